The average molecular weight is 350 g/mol. The third-order valence-corrected chi connectivity index (χ3v) is 5.05. The number of nitrogens with one attached hydrogen (secondary N) is 1. The largest absolute Gasteiger partial charge is 0.392 e. The summed E-state index contributed by atoms with van der Waals surface area (Å²) in [5.74, 6) is 0.148. The number of hydrogen-bond acceptors (Lipinski definition) is 4. The standard InChI is InChI=1S/C20H22N4O2/c1-12(14-5-6-14)23-19-17(20(21)26)9-22-24-10-16(8-18(19)24)15-4-2-3-13(7-15)11-25/h2-4,7-10,12,14,23,25H,5-6,11H2,1H3,(H2,21,26)/t12-/m1/s1. The Bertz CT molecular complexity index is 975. The van der Waals surface area contributed by atoms with E-state index < -0.39 is 5.91 Å². The van der Waals surface area contributed by atoms with Crippen molar-refractivity contribution < 1.29 is 9.90 Å². The highest BCUT2D eigenvalue weighted by molar-refractivity contribution is 6.02. The highest BCUT2D eigenvalue weighted by Crippen LogP contribution is 2.36. The third kappa shape index (κ3) is 3.04. The van der Waals surface area contributed by atoms with Gasteiger partial charge in [-0.15, -0.1) is 0 Å². The number of benzene rings is 1. The monoisotopic (exact) mass is 350 g/mol. The first-order valence-electron chi connectivity index (χ1n) is 8.84. The Kier molecular flexibility index (Phi) is 4.12. The fraction of sp³-hybridized carbons (Fsp3) is 0.300. The lowest BCUT2D eigenvalue weighted by Crippen LogP contribution is -2.22. The van der Waals surface area contributed by atoms with E-state index in [4.69, 9.17) is 5.73 Å². The number of carbonyl (C=O) groups excluding carboxylic acids is 1. The van der Waals surface area contributed by atoms with E-state index in [2.05, 4.69) is 17.3 Å². The van der Waals surface area contributed by atoms with Gasteiger partial charge in [0.15, 0.2) is 0 Å². The Morgan fingerprint density at radius 3 is 2.88 bits per heavy atom. The summed E-state index contributed by atoms with van der Waals surface area (Å²) in [4.78, 5) is 11.9. The molecule has 0 bridgehead atoms. The predicted molar refractivity (Wildman–Crippen MR) is 101 cm³/mol. The van der Waals surface area contributed by atoms with Crippen molar-refractivity contribution in [2.45, 2.75) is 32.4 Å². The number of nitrogens with two attached hydrogens (primary N) is 1. The quantitative estimate of drug-likeness (QED) is 0.637. The first-order valence-corrected chi connectivity index (χ1v) is 8.84. The Balaban J connectivity index is 1.82. The van der Waals surface area contributed by atoms with Gasteiger partial charge in [0.1, 0.15) is 0 Å². The van der Waals surface area contributed by atoms with Gasteiger partial charge in [0.05, 0.1) is 29.6 Å². The molecule has 0 saturated heterocycles. The van der Waals surface area contributed by atoms with Crippen LogP contribution in [0.3, 0.4) is 0 Å². The summed E-state index contributed by atoms with van der Waals surface area (Å²) in [5.41, 5.74) is 10.3. The number of amides is 1. The zero-order valence-corrected chi connectivity index (χ0v) is 14.6. The Morgan fingerprint density at radius 2 is 2.19 bits per heavy atom. The molecule has 6 heteroatoms. The number of hydrogen-bond donors (Lipinski definition) is 3. The molecule has 0 aliphatic heterocycles. The molecule has 0 radical (unpaired) electrons. The maximum atomic E-state index is 11.9. The molecular formula is C20H22N4O2. The maximum absolute atomic E-state index is 11.9. The number of fused-ring (bicyclic) bond motifs is 1. The molecule has 1 aliphatic rings. The first kappa shape index (κ1) is 16.6. The van der Waals surface area contributed by atoms with E-state index in [1.165, 1.54) is 19.0 Å². The van der Waals surface area contributed by atoms with E-state index in [0.29, 0.717) is 11.5 Å². The van der Waals surface area contributed by atoms with Gasteiger partial charge >= 0.3 is 0 Å². The fourth-order valence-electron chi connectivity index (χ4n) is 3.34. The van der Waals surface area contributed by atoms with E-state index in [1.807, 2.05) is 36.5 Å². The fourth-order valence-corrected chi connectivity index (χ4v) is 3.34. The van der Waals surface area contributed by atoms with E-state index in [-0.39, 0.29) is 12.6 Å². The van der Waals surface area contributed by atoms with Crippen LogP contribution in [0.4, 0.5) is 5.69 Å². The minimum atomic E-state index is -0.490. The van der Waals surface area contributed by atoms with Crippen LogP contribution >= 0.6 is 0 Å². The smallest absolute Gasteiger partial charge is 0.252 e. The molecule has 26 heavy (non-hydrogen) atoms. The number of aliphatic hydroxyl groups is 1. The van der Waals surface area contributed by atoms with Crippen molar-refractivity contribution in [2.75, 3.05) is 5.32 Å². The van der Waals surface area contributed by atoms with Gasteiger partial charge in [-0.05, 0) is 48.9 Å². The summed E-state index contributed by atoms with van der Waals surface area (Å²) in [6, 6.07) is 10.0. The summed E-state index contributed by atoms with van der Waals surface area (Å²) in [6.07, 6.45) is 5.86. The molecule has 2 aromatic heterocycles. The van der Waals surface area contributed by atoms with Crippen molar-refractivity contribution in [3.8, 4) is 11.1 Å². The maximum Gasteiger partial charge on any atom is 0.252 e. The van der Waals surface area contributed by atoms with Crippen molar-refractivity contribution in [3.05, 3.63) is 53.9 Å². The summed E-state index contributed by atoms with van der Waals surface area (Å²) in [7, 11) is 0. The molecule has 3 aromatic rings. The number of anilines is 1. The molecule has 1 atom stereocenters. The van der Waals surface area contributed by atoms with Crippen LogP contribution in [0.1, 0.15) is 35.7 Å². The van der Waals surface area contributed by atoms with Crippen LogP contribution in [0, 0.1) is 5.92 Å². The number of rotatable bonds is 6. The second-order valence-corrected chi connectivity index (χ2v) is 6.99. The topological polar surface area (TPSA) is 92.6 Å². The molecule has 1 aromatic carbocycles. The van der Waals surface area contributed by atoms with Gasteiger partial charge < -0.3 is 16.2 Å². The van der Waals surface area contributed by atoms with Crippen LogP contribution in [0.25, 0.3) is 16.6 Å². The summed E-state index contributed by atoms with van der Waals surface area (Å²) in [5, 5.41) is 17.2. The van der Waals surface area contributed by atoms with Crippen LogP contribution in [-0.4, -0.2) is 26.7 Å². The molecule has 1 aliphatic carbocycles. The molecule has 1 amide bonds. The molecule has 4 rings (SSSR count). The molecule has 4 N–H and O–H groups in total. The van der Waals surface area contributed by atoms with Gasteiger partial charge in [-0.2, -0.15) is 5.10 Å². The molecule has 6 nitrogen and oxygen atoms in total. The number of aromatic nitrogens is 2. The second kappa shape index (κ2) is 6.46. The van der Waals surface area contributed by atoms with E-state index >= 15 is 0 Å². The average Bonchev–Trinajstić information content (AvgIpc) is 3.40. The van der Waals surface area contributed by atoms with Gasteiger partial charge in [-0.3, -0.25) is 4.79 Å². The molecule has 0 spiro atoms. The number of carbonyl (C=O) groups is 1. The molecule has 1 saturated carbocycles. The molecule has 1 fully saturated rings. The van der Waals surface area contributed by atoms with Gasteiger partial charge in [0, 0.05) is 17.8 Å². The molecule has 134 valence electrons. The van der Waals surface area contributed by atoms with Crippen molar-refractivity contribution in [2.24, 2.45) is 11.7 Å². The van der Waals surface area contributed by atoms with Crippen molar-refractivity contribution in [1.29, 1.82) is 0 Å². The summed E-state index contributed by atoms with van der Waals surface area (Å²) >= 11 is 0. The normalized spacial score (nSPS) is 15.2. The van der Waals surface area contributed by atoms with Crippen molar-refractivity contribution in [1.82, 2.24) is 9.61 Å². The number of primary amides is 1. The first-order chi connectivity index (χ1) is 12.6. The Labute approximate surface area is 151 Å². The van der Waals surface area contributed by atoms with Gasteiger partial charge in [-0.25, -0.2) is 4.52 Å². The van der Waals surface area contributed by atoms with Gasteiger partial charge in [-0.1, -0.05) is 18.2 Å². The number of aliphatic hydroxyl groups excluding tert-OH is 1. The Hall–Kier alpha value is -2.86. The SMILES string of the molecule is C[C@@H](Nc1c(C(N)=O)cnn2cc(-c3cccc(CO)c3)cc12)C1CC1. The van der Waals surface area contributed by atoms with E-state index in [1.54, 1.807) is 4.52 Å². The zero-order chi connectivity index (χ0) is 18.3. The minimum Gasteiger partial charge on any atom is -0.392 e. The van der Waals surface area contributed by atoms with E-state index in [9.17, 15) is 9.90 Å². The predicted octanol–water partition coefficient (Wildman–Crippen LogP) is 2.80. The van der Waals surface area contributed by atoms with Crippen LogP contribution in [-0.2, 0) is 6.61 Å². The lowest BCUT2D eigenvalue weighted by molar-refractivity contribution is 0.100. The lowest BCUT2D eigenvalue weighted by Gasteiger charge is -2.17. The number of nitrogens with zero attached hydrogens (tertiary/aromatic N) is 2. The van der Waals surface area contributed by atoms with Crippen molar-refractivity contribution >= 4 is 17.1 Å². The summed E-state index contributed by atoms with van der Waals surface area (Å²) < 4.78 is 1.76. The second-order valence-electron chi connectivity index (χ2n) is 6.99. The van der Waals surface area contributed by atoms with E-state index in [0.717, 1.165) is 27.9 Å². The van der Waals surface area contributed by atoms with Crippen LogP contribution in [0.5, 0.6) is 0 Å². The third-order valence-electron chi connectivity index (χ3n) is 5.05. The van der Waals surface area contributed by atoms with Crippen LogP contribution in [0.2, 0.25) is 0 Å². The molecule has 0 unspecified atom stereocenters. The Morgan fingerprint density at radius 1 is 1.38 bits per heavy atom. The minimum absolute atomic E-state index is 0.00298. The lowest BCUT2D eigenvalue weighted by atomic mass is 10.1. The highest BCUT2D eigenvalue weighted by Gasteiger charge is 2.29. The highest BCUT2D eigenvalue weighted by atomic mass is 16.3. The molecule has 2 heterocycles. The summed E-state index contributed by atoms with van der Waals surface area (Å²) in [6.45, 7) is 2.13. The van der Waals surface area contributed by atoms with Crippen LogP contribution < -0.4 is 11.1 Å². The molecular weight excluding hydrogens is 328 g/mol. The zero-order valence-electron chi connectivity index (χ0n) is 14.6. The van der Waals surface area contributed by atoms with Crippen LogP contribution in [0.15, 0.2) is 42.7 Å². The van der Waals surface area contributed by atoms with Gasteiger partial charge in [0.25, 0.3) is 5.91 Å². The van der Waals surface area contributed by atoms with Gasteiger partial charge in [0.2, 0.25) is 0 Å². The van der Waals surface area contributed by atoms with Crippen molar-refractivity contribution in [3.63, 3.8) is 0 Å².